The Hall–Kier alpha value is -1.00. The van der Waals surface area contributed by atoms with E-state index in [0.717, 1.165) is 31.1 Å². The number of nitrogens with zero attached hydrogens (tertiary/aromatic N) is 2. The molecule has 1 rings (SSSR count). The number of hydrogen-bond donors (Lipinski definition) is 1. The van der Waals surface area contributed by atoms with Gasteiger partial charge in [-0.25, -0.2) is 9.97 Å². The molecule has 0 bridgehead atoms. The van der Waals surface area contributed by atoms with Crippen LogP contribution >= 0.6 is 0 Å². The third-order valence-corrected chi connectivity index (χ3v) is 2.71. The maximum atomic E-state index is 4.99. The number of hydrogen-bond acceptors (Lipinski definition) is 4. The van der Waals surface area contributed by atoms with E-state index >= 15 is 0 Å². The standard InChI is InChI=1S/C12H21N3O/c1-9(7-13-5-6-16-4)12-10(2)14-8-15-11(12)3/h8-9,13H,5-7H2,1-4H3. The molecule has 0 saturated heterocycles. The predicted octanol–water partition coefficient (Wildman–Crippen LogP) is 1.43. The molecule has 0 aliphatic heterocycles. The Kier molecular flexibility index (Phi) is 5.35. The zero-order valence-corrected chi connectivity index (χ0v) is 10.6. The Labute approximate surface area is 97.5 Å². The smallest absolute Gasteiger partial charge is 0.115 e. The molecular weight excluding hydrogens is 202 g/mol. The Morgan fingerprint density at radius 2 is 1.94 bits per heavy atom. The monoisotopic (exact) mass is 223 g/mol. The second-order valence-electron chi connectivity index (χ2n) is 4.06. The van der Waals surface area contributed by atoms with E-state index in [-0.39, 0.29) is 0 Å². The van der Waals surface area contributed by atoms with Crippen molar-refractivity contribution in [1.82, 2.24) is 15.3 Å². The normalized spacial score (nSPS) is 12.8. The molecule has 1 aromatic heterocycles. The second-order valence-corrected chi connectivity index (χ2v) is 4.06. The molecular formula is C12H21N3O. The van der Waals surface area contributed by atoms with Crippen LogP contribution in [0.3, 0.4) is 0 Å². The summed E-state index contributed by atoms with van der Waals surface area (Å²) in [5.41, 5.74) is 3.41. The van der Waals surface area contributed by atoms with Crippen LogP contribution < -0.4 is 5.32 Å². The van der Waals surface area contributed by atoms with Crippen LogP contribution in [0, 0.1) is 13.8 Å². The maximum Gasteiger partial charge on any atom is 0.115 e. The van der Waals surface area contributed by atoms with E-state index in [4.69, 9.17) is 4.74 Å². The highest BCUT2D eigenvalue weighted by molar-refractivity contribution is 5.26. The first-order valence-corrected chi connectivity index (χ1v) is 5.64. The quantitative estimate of drug-likeness (QED) is 0.741. The largest absolute Gasteiger partial charge is 0.383 e. The van der Waals surface area contributed by atoms with Gasteiger partial charge in [0, 0.05) is 31.6 Å². The molecule has 0 aliphatic carbocycles. The van der Waals surface area contributed by atoms with Crippen LogP contribution in [-0.4, -0.2) is 36.8 Å². The van der Waals surface area contributed by atoms with Gasteiger partial charge in [0.05, 0.1) is 6.61 Å². The number of nitrogens with one attached hydrogen (secondary N) is 1. The van der Waals surface area contributed by atoms with Crippen LogP contribution in [0.25, 0.3) is 0 Å². The number of methoxy groups -OCH3 is 1. The van der Waals surface area contributed by atoms with Gasteiger partial charge in [0.15, 0.2) is 0 Å². The van der Waals surface area contributed by atoms with Gasteiger partial charge in [-0.05, 0) is 25.3 Å². The third kappa shape index (κ3) is 3.54. The number of rotatable bonds is 6. The molecule has 90 valence electrons. The van der Waals surface area contributed by atoms with Crippen LogP contribution in [0.1, 0.15) is 29.8 Å². The van der Waals surface area contributed by atoms with E-state index in [0.29, 0.717) is 5.92 Å². The van der Waals surface area contributed by atoms with Crippen LogP contribution in [0.5, 0.6) is 0 Å². The van der Waals surface area contributed by atoms with Gasteiger partial charge < -0.3 is 10.1 Å². The average Bonchev–Trinajstić information content (AvgIpc) is 2.24. The van der Waals surface area contributed by atoms with E-state index in [1.54, 1.807) is 13.4 Å². The van der Waals surface area contributed by atoms with Crippen molar-refractivity contribution in [2.75, 3.05) is 26.8 Å². The summed E-state index contributed by atoms with van der Waals surface area (Å²) in [6, 6.07) is 0. The third-order valence-electron chi connectivity index (χ3n) is 2.71. The van der Waals surface area contributed by atoms with E-state index in [2.05, 4.69) is 22.2 Å². The average molecular weight is 223 g/mol. The molecule has 0 aliphatic rings. The van der Waals surface area contributed by atoms with Crippen LogP contribution in [-0.2, 0) is 4.74 Å². The Morgan fingerprint density at radius 3 is 2.50 bits per heavy atom. The summed E-state index contributed by atoms with van der Waals surface area (Å²) in [5.74, 6) is 0.429. The fourth-order valence-corrected chi connectivity index (χ4v) is 1.91. The minimum Gasteiger partial charge on any atom is -0.383 e. The van der Waals surface area contributed by atoms with Crippen molar-refractivity contribution in [3.05, 3.63) is 23.3 Å². The van der Waals surface area contributed by atoms with Gasteiger partial charge in [-0.2, -0.15) is 0 Å². The zero-order valence-electron chi connectivity index (χ0n) is 10.6. The van der Waals surface area contributed by atoms with Crippen LogP contribution in [0.15, 0.2) is 6.33 Å². The molecule has 16 heavy (non-hydrogen) atoms. The van der Waals surface area contributed by atoms with Gasteiger partial charge in [0.25, 0.3) is 0 Å². The topological polar surface area (TPSA) is 47.0 Å². The lowest BCUT2D eigenvalue weighted by atomic mass is 9.98. The summed E-state index contributed by atoms with van der Waals surface area (Å²) < 4.78 is 4.99. The molecule has 0 fully saturated rings. The fourth-order valence-electron chi connectivity index (χ4n) is 1.91. The fraction of sp³-hybridized carbons (Fsp3) is 0.667. The van der Waals surface area contributed by atoms with Gasteiger partial charge in [-0.1, -0.05) is 6.92 Å². The van der Waals surface area contributed by atoms with E-state index < -0.39 is 0 Å². The highest BCUT2D eigenvalue weighted by Crippen LogP contribution is 2.19. The molecule has 0 amide bonds. The molecule has 1 aromatic rings. The molecule has 0 spiro atoms. The van der Waals surface area contributed by atoms with Crippen molar-refractivity contribution in [1.29, 1.82) is 0 Å². The van der Waals surface area contributed by atoms with Crippen molar-refractivity contribution < 1.29 is 4.74 Å². The first-order chi connectivity index (χ1) is 7.66. The summed E-state index contributed by atoms with van der Waals surface area (Å²) >= 11 is 0. The van der Waals surface area contributed by atoms with Crippen molar-refractivity contribution in [3.8, 4) is 0 Å². The van der Waals surface area contributed by atoms with Gasteiger partial charge in [-0.3, -0.25) is 0 Å². The predicted molar refractivity (Wildman–Crippen MR) is 64.7 cm³/mol. The molecule has 1 atom stereocenters. The van der Waals surface area contributed by atoms with E-state index in [1.165, 1.54) is 5.56 Å². The van der Waals surface area contributed by atoms with Gasteiger partial charge >= 0.3 is 0 Å². The van der Waals surface area contributed by atoms with Crippen molar-refractivity contribution in [3.63, 3.8) is 0 Å². The second kappa shape index (κ2) is 6.55. The van der Waals surface area contributed by atoms with Crippen molar-refractivity contribution >= 4 is 0 Å². The molecule has 0 radical (unpaired) electrons. The first kappa shape index (κ1) is 13.1. The van der Waals surface area contributed by atoms with Crippen molar-refractivity contribution in [2.45, 2.75) is 26.7 Å². The molecule has 1 unspecified atom stereocenters. The minimum absolute atomic E-state index is 0.429. The summed E-state index contributed by atoms with van der Waals surface area (Å²) in [6.45, 7) is 8.82. The number of ether oxygens (including phenoxy) is 1. The SMILES string of the molecule is COCCNCC(C)c1c(C)ncnc1C. The molecule has 0 aromatic carbocycles. The Balaban J connectivity index is 2.55. The number of aromatic nitrogens is 2. The highest BCUT2D eigenvalue weighted by Gasteiger charge is 2.12. The van der Waals surface area contributed by atoms with E-state index in [9.17, 15) is 0 Å². The summed E-state index contributed by atoms with van der Waals surface area (Å²) in [4.78, 5) is 8.48. The van der Waals surface area contributed by atoms with E-state index in [1.807, 2.05) is 13.8 Å². The van der Waals surface area contributed by atoms with Gasteiger partial charge in [0.1, 0.15) is 6.33 Å². The first-order valence-electron chi connectivity index (χ1n) is 5.64. The Bertz CT molecular complexity index is 308. The molecule has 1 N–H and O–H groups in total. The maximum absolute atomic E-state index is 4.99. The molecule has 4 nitrogen and oxygen atoms in total. The van der Waals surface area contributed by atoms with Crippen LogP contribution in [0.4, 0.5) is 0 Å². The van der Waals surface area contributed by atoms with Gasteiger partial charge in [-0.15, -0.1) is 0 Å². The van der Waals surface area contributed by atoms with Crippen molar-refractivity contribution in [2.24, 2.45) is 0 Å². The lowest BCUT2D eigenvalue weighted by Crippen LogP contribution is -2.25. The lowest BCUT2D eigenvalue weighted by Gasteiger charge is -2.16. The summed E-state index contributed by atoms with van der Waals surface area (Å²) in [7, 11) is 1.71. The lowest BCUT2D eigenvalue weighted by molar-refractivity contribution is 0.199. The zero-order chi connectivity index (χ0) is 12.0. The van der Waals surface area contributed by atoms with Crippen LogP contribution in [0.2, 0.25) is 0 Å². The summed E-state index contributed by atoms with van der Waals surface area (Å²) in [5, 5.41) is 3.36. The molecule has 1 heterocycles. The minimum atomic E-state index is 0.429. The number of aryl methyl sites for hydroxylation is 2. The molecule has 4 heteroatoms. The summed E-state index contributed by atoms with van der Waals surface area (Å²) in [6.07, 6.45) is 1.62. The highest BCUT2D eigenvalue weighted by atomic mass is 16.5. The van der Waals surface area contributed by atoms with Gasteiger partial charge in [0.2, 0.25) is 0 Å². The Morgan fingerprint density at radius 1 is 1.31 bits per heavy atom. The molecule has 0 saturated carbocycles.